The van der Waals surface area contributed by atoms with Gasteiger partial charge in [-0.05, 0) is 90.1 Å². The van der Waals surface area contributed by atoms with Crippen LogP contribution >= 0.6 is 23.5 Å². The van der Waals surface area contributed by atoms with Gasteiger partial charge in [-0.25, -0.2) is 9.59 Å². The number of hydrogen-bond donors (Lipinski definition) is 2. The molecule has 56 heavy (non-hydrogen) atoms. The van der Waals surface area contributed by atoms with Gasteiger partial charge in [0, 0.05) is 66.2 Å². The smallest absolute Gasteiger partial charge is 0.330 e. The van der Waals surface area contributed by atoms with E-state index in [-0.39, 0.29) is 24.1 Å². The molecule has 0 radical (unpaired) electrons. The van der Waals surface area contributed by atoms with E-state index in [1.165, 1.54) is 35.7 Å². The summed E-state index contributed by atoms with van der Waals surface area (Å²) in [6.07, 6.45) is 6.07. The van der Waals surface area contributed by atoms with E-state index in [2.05, 4.69) is 21.9 Å². The Hall–Kier alpha value is -5.32. The minimum Gasteiger partial charge on any atom is -0.463 e. The molecule has 0 aliphatic heterocycles. The lowest BCUT2D eigenvalue weighted by Crippen LogP contribution is -2.31. The highest BCUT2D eigenvalue weighted by Gasteiger charge is 2.38. The molecule has 4 aromatic rings. The molecule has 292 valence electrons. The van der Waals surface area contributed by atoms with Crippen molar-refractivity contribution in [2.75, 3.05) is 30.4 Å². The Labute approximate surface area is 339 Å². The summed E-state index contributed by atoms with van der Waals surface area (Å²) in [6.45, 7) is 20.2. The quantitative estimate of drug-likeness (QED) is 0.0833. The number of allylic oxidation sites excluding steroid dienone is 3. The zero-order chi connectivity index (χ0) is 41.0. The maximum Gasteiger partial charge on any atom is 0.330 e. The SMILES string of the molecule is C/C=C/C(=O)OCC.C=C(C)Nc1ccc(Sc2ccc(C)cc2)c2c1C(=O)c1c(Sc3ccc(C)cc3)ccc(NCC(C)(C)COC(=O)/C=C/C)c1C2=O. The molecular weight excluding hydrogens is 741 g/mol. The summed E-state index contributed by atoms with van der Waals surface area (Å²) in [5.74, 6) is -1.14. The third-order valence-electron chi connectivity index (χ3n) is 8.34. The van der Waals surface area contributed by atoms with Gasteiger partial charge in [-0.15, -0.1) is 0 Å². The summed E-state index contributed by atoms with van der Waals surface area (Å²) in [5.41, 5.74) is 4.96. The first kappa shape index (κ1) is 43.4. The largest absolute Gasteiger partial charge is 0.463 e. The first-order valence-corrected chi connectivity index (χ1v) is 20.0. The van der Waals surface area contributed by atoms with Gasteiger partial charge in [-0.1, -0.05) is 91.5 Å². The average molecular weight is 791 g/mol. The van der Waals surface area contributed by atoms with E-state index in [0.717, 1.165) is 20.9 Å². The molecule has 0 saturated heterocycles. The molecule has 0 heterocycles. The number of anilines is 2. The predicted molar refractivity (Wildman–Crippen MR) is 228 cm³/mol. The molecule has 1 aliphatic rings. The number of benzene rings is 4. The minimum absolute atomic E-state index is 0.176. The van der Waals surface area contributed by atoms with Crippen LogP contribution < -0.4 is 10.6 Å². The molecule has 0 atom stereocenters. The fourth-order valence-corrected chi connectivity index (χ4v) is 7.54. The maximum absolute atomic E-state index is 14.9. The van der Waals surface area contributed by atoms with Crippen LogP contribution in [-0.4, -0.2) is 43.3 Å². The molecule has 0 saturated carbocycles. The lowest BCUT2D eigenvalue weighted by atomic mass is 9.82. The van der Waals surface area contributed by atoms with Crippen molar-refractivity contribution in [1.29, 1.82) is 0 Å². The first-order valence-electron chi connectivity index (χ1n) is 18.4. The van der Waals surface area contributed by atoms with Crippen LogP contribution in [0.1, 0.15) is 84.5 Å². The molecule has 0 bridgehead atoms. The molecule has 0 spiro atoms. The summed E-state index contributed by atoms with van der Waals surface area (Å²) in [6, 6.07) is 23.7. The number of aryl methyl sites for hydroxylation is 2. The Morgan fingerprint density at radius 1 is 0.696 bits per heavy atom. The molecule has 0 fully saturated rings. The molecular formula is C46H50N2O6S2. The van der Waals surface area contributed by atoms with Crippen molar-refractivity contribution in [2.45, 2.75) is 75.0 Å². The number of carbonyl (C=O) groups excluding carboxylic acids is 4. The molecule has 0 aromatic heterocycles. The van der Waals surface area contributed by atoms with Crippen molar-refractivity contribution < 1.29 is 28.7 Å². The van der Waals surface area contributed by atoms with Gasteiger partial charge < -0.3 is 20.1 Å². The van der Waals surface area contributed by atoms with Gasteiger partial charge in [0.25, 0.3) is 0 Å². The molecule has 2 N–H and O–H groups in total. The van der Waals surface area contributed by atoms with Crippen LogP contribution in [-0.2, 0) is 19.1 Å². The lowest BCUT2D eigenvalue weighted by molar-refractivity contribution is -0.140. The molecule has 0 unspecified atom stereocenters. The highest BCUT2D eigenvalue weighted by Crippen LogP contribution is 2.46. The molecule has 4 aromatic carbocycles. The van der Waals surface area contributed by atoms with Gasteiger partial charge in [-0.3, -0.25) is 9.59 Å². The molecule has 8 nitrogen and oxygen atoms in total. The van der Waals surface area contributed by atoms with E-state index >= 15 is 0 Å². The first-order chi connectivity index (χ1) is 26.7. The normalized spacial score (nSPS) is 12.1. The van der Waals surface area contributed by atoms with Crippen LogP contribution in [0.15, 0.2) is 129 Å². The Morgan fingerprint density at radius 3 is 1.59 bits per heavy atom. The second kappa shape index (κ2) is 20.0. The molecule has 0 amide bonds. The Morgan fingerprint density at radius 2 is 1.14 bits per heavy atom. The van der Waals surface area contributed by atoms with Gasteiger partial charge in [0.15, 0.2) is 11.6 Å². The number of ether oxygens (including phenoxy) is 2. The van der Waals surface area contributed by atoms with Crippen LogP contribution in [0.2, 0.25) is 0 Å². The summed E-state index contributed by atoms with van der Waals surface area (Å²) in [7, 11) is 0. The summed E-state index contributed by atoms with van der Waals surface area (Å²) in [4.78, 5) is 55.4. The zero-order valence-electron chi connectivity index (χ0n) is 33.3. The lowest BCUT2D eigenvalue weighted by Gasteiger charge is -2.29. The monoisotopic (exact) mass is 790 g/mol. The van der Waals surface area contributed by atoms with E-state index in [1.807, 2.05) is 107 Å². The van der Waals surface area contributed by atoms with E-state index in [1.54, 1.807) is 32.9 Å². The number of esters is 2. The Bertz CT molecular complexity index is 2150. The number of hydrogen-bond acceptors (Lipinski definition) is 10. The van der Waals surface area contributed by atoms with Gasteiger partial charge in [0.05, 0.1) is 30.0 Å². The standard InChI is InChI=1S/C40H40N2O4S2.C6H10O2/c1-8-9-33(43)46-23-40(6,7)22-41-29-18-20-31(47-27-14-10-25(4)11-15-27)36-34(29)38(44)37-32(48-28-16-12-26(5)13-17-28)21-19-30(42-24(2)3)35(37)39(36)45;1-3-5-6(7)8-4-2/h8-21,41-42H,2,22-23H2,1,3-7H3;3,5H,4H2,1-2H3/b9-8+;5-3+. The third-order valence-corrected chi connectivity index (χ3v) is 10.5. The van der Waals surface area contributed by atoms with Crippen molar-refractivity contribution in [3.8, 4) is 0 Å². The number of fused-ring (bicyclic) bond motifs is 2. The van der Waals surface area contributed by atoms with Crippen molar-refractivity contribution in [3.63, 3.8) is 0 Å². The van der Waals surface area contributed by atoms with Crippen molar-refractivity contribution in [2.24, 2.45) is 5.41 Å². The maximum atomic E-state index is 14.9. The van der Waals surface area contributed by atoms with E-state index in [9.17, 15) is 19.2 Å². The van der Waals surface area contributed by atoms with E-state index in [4.69, 9.17) is 4.74 Å². The predicted octanol–water partition coefficient (Wildman–Crippen LogP) is 11.0. The Balaban J connectivity index is 0.000000784. The summed E-state index contributed by atoms with van der Waals surface area (Å²) < 4.78 is 10.0. The van der Waals surface area contributed by atoms with Crippen LogP contribution in [0.5, 0.6) is 0 Å². The number of rotatable bonds is 14. The number of ketones is 2. The van der Waals surface area contributed by atoms with Crippen LogP contribution in [0, 0.1) is 19.3 Å². The highest BCUT2D eigenvalue weighted by molar-refractivity contribution is 7.99. The van der Waals surface area contributed by atoms with Gasteiger partial charge in [0.1, 0.15) is 0 Å². The summed E-state index contributed by atoms with van der Waals surface area (Å²) in [5, 5.41) is 6.68. The average Bonchev–Trinajstić information content (AvgIpc) is 3.15. The van der Waals surface area contributed by atoms with E-state index < -0.39 is 11.4 Å². The molecule has 1 aliphatic carbocycles. The van der Waals surface area contributed by atoms with Crippen molar-refractivity contribution in [1.82, 2.24) is 0 Å². The van der Waals surface area contributed by atoms with Gasteiger partial charge in [-0.2, -0.15) is 0 Å². The second-order valence-corrected chi connectivity index (χ2v) is 16.2. The Kier molecular flexibility index (Phi) is 15.5. The topological polar surface area (TPSA) is 111 Å². The zero-order valence-corrected chi connectivity index (χ0v) is 35.0. The molecule has 10 heteroatoms. The number of carbonyl (C=O) groups is 4. The van der Waals surface area contributed by atoms with E-state index in [0.29, 0.717) is 62.3 Å². The van der Waals surface area contributed by atoms with Crippen LogP contribution in [0.4, 0.5) is 11.4 Å². The third kappa shape index (κ3) is 11.6. The highest BCUT2D eigenvalue weighted by atomic mass is 32.2. The number of nitrogens with one attached hydrogen (secondary N) is 2. The minimum atomic E-state index is -0.468. The van der Waals surface area contributed by atoms with Crippen molar-refractivity contribution >= 4 is 58.4 Å². The fraction of sp³-hybridized carbons (Fsp3) is 0.261. The summed E-state index contributed by atoms with van der Waals surface area (Å²) >= 11 is 2.92. The second-order valence-electron chi connectivity index (χ2n) is 14.0. The van der Waals surface area contributed by atoms with Crippen molar-refractivity contribution in [3.05, 3.63) is 143 Å². The van der Waals surface area contributed by atoms with Gasteiger partial charge in [0.2, 0.25) is 0 Å². The van der Waals surface area contributed by atoms with Gasteiger partial charge >= 0.3 is 11.9 Å². The molecule has 5 rings (SSSR count). The van der Waals surface area contributed by atoms with Crippen LogP contribution in [0.25, 0.3) is 0 Å². The fourth-order valence-electron chi connectivity index (χ4n) is 5.62. The van der Waals surface area contributed by atoms with Crippen LogP contribution in [0.3, 0.4) is 0 Å².